The summed E-state index contributed by atoms with van der Waals surface area (Å²) in [5.74, 6) is -0.546. The van der Waals surface area contributed by atoms with Gasteiger partial charge >= 0.3 is 5.97 Å². The Labute approximate surface area is 126 Å². The van der Waals surface area contributed by atoms with Gasteiger partial charge in [-0.1, -0.05) is 41.9 Å². The number of halogens is 1. The van der Waals surface area contributed by atoms with E-state index in [1.807, 2.05) is 18.2 Å². The van der Waals surface area contributed by atoms with Crippen molar-refractivity contribution in [1.82, 2.24) is 4.98 Å². The number of carboxylic acids is 1. The quantitative estimate of drug-likeness (QED) is 0.755. The number of para-hydroxylation sites is 2. The van der Waals surface area contributed by atoms with Crippen LogP contribution in [0.5, 0.6) is 0 Å². The number of benzene rings is 2. The van der Waals surface area contributed by atoms with Crippen LogP contribution in [0.2, 0.25) is 5.02 Å². The molecular formula is C16H11ClN2O2. The molecule has 1 heterocycles. The average molecular weight is 299 g/mol. The standard InChI is InChI=1S/C16H11ClN2O2/c17-12-6-2-4-8-14(12)19-15-9-11(16(20)21)10-5-1-3-7-13(10)18-15/h1-9H,(H,18,19)(H,20,21). The first-order valence-electron chi connectivity index (χ1n) is 6.30. The SMILES string of the molecule is O=C(O)c1cc(Nc2ccccc2Cl)nc2ccccc12. The number of nitrogens with zero attached hydrogens (tertiary/aromatic N) is 1. The van der Waals surface area contributed by atoms with E-state index in [0.29, 0.717) is 27.4 Å². The van der Waals surface area contributed by atoms with E-state index in [1.165, 1.54) is 6.07 Å². The Bertz CT molecular complexity index is 833. The maximum Gasteiger partial charge on any atom is 0.336 e. The summed E-state index contributed by atoms with van der Waals surface area (Å²) in [5.41, 5.74) is 1.50. The summed E-state index contributed by atoms with van der Waals surface area (Å²) in [4.78, 5) is 15.8. The molecule has 104 valence electrons. The molecule has 3 aromatic rings. The van der Waals surface area contributed by atoms with Gasteiger partial charge in [0.05, 0.1) is 21.8 Å². The molecule has 0 aliphatic carbocycles. The zero-order valence-corrected chi connectivity index (χ0v) is 11.6. The summed E-state index contributed by atoms with van der Waals surface area (Å²) in [6.07, 6.45) is 0. The lowest BCUT2D eigenvalue weighted by Crippen LogP contribution is -2.02. The van der Waals surface area contributed by atoms with Crippen LogP contribution in [-0.4, -0.2) is 16.1 Å². The Hall–Kier alpha value is -2.59. The van der Waals surface area contributed by atoms with Crippen molar-refractivity contribution in [2.45, 2.75) is 0 Å². The van der Waals surface area contributed by atoms with Crippen LogP contribution in [-0.2, 0) is 0 Å². The Morgan fingerprint density at radius 2 is 1.81 bits per heavy atom. The third kappa shape index (κ3) is 2.66. The fourth-order valence-electron chi connectivity index (χ4n) is 2.12. The normalized spacial score (nSPS) is 10.5. The number of fused-ring (bicyclic) bond motifs is 1. The molecule has 0 fully saturated rings. The highest BCUT2D eigenvalue weighted by molar-refractivity contribution is 6.33. The molecular weight excluding hydrogens is 288 g/mol. The van der Waals surface area contributed by atoms with Crippen LogP contribution in [0, 0.1) is 0 Å². The second-order valence-corrected chi connectivity index (χ2v) is 4.89. The van der Waals surface area contributed by atoms with Gasteiger partial charge in [0, 0.05) is 5.39 Å². The first kappa shape index (κ1) is 13.4. The minimum Gasteiger partial charge on any atom is -0.478 e. The Morgan fingerprint density at radius 1 is 1.10 bits per heavy atom. The topological polar surface area (TPSA) is 62.2 Å². The van der Waals surface area contributed by atoms with Crippen molar-refractivity contribution >= 4 is 40.0 Å². The van der Waals surface area contributed by atoms with Crippen molar-refractivity contribution in [3.05, 3.63) is 65.2 Å². The van der Waals surface area contributed by atoms with Crippen LogP contribution in [0.25, 0.3) is 10.9 Å². The maximum atomic E-state index is 11.4. The number of aromatic carboxylic acids is 1. The summed E-state index contributed by atoms with van der Waals surface area (Å²) in [7, 11) is 0. The van der Waals surface area contributed by atoms with E-state index in [4.69, 9.17) is 11.6 Å². The minimum atomic E-state index is -0.990. The monoisotopic (exact) mass is 298 g/mol. The van der Waals surface area contributed by atoms with Crippen molar-refractivity contribution in [2.24, 2.45) is 0 Å². The predicted molar refractivity (Wildman–Crippen MR) is 83.4 cm³/mol. The van der Waals surface area contributed by atoms with Gasteiger partial charge in [0.15, 0.2) is 0 Å². The fraction of sp³-hybridized carbons (Fsp3) is 0. The molecule has 0 bridgehead atoms. The van der Waals surface area contributed by atoms with Crippen LogP contribution in [0.1, 0.15) is 10.4 Å². The fourth-order valence-corrected chi connectivity index (χ4v) is 2.30. The summed E-state index contributed by atoms with van der Waals surface area (Å²) < 4.78 is 0. The van der Waals surface area contributed by atoms with Gasteiger partial charge in [-0.05, 0) is 24.3 Å². The molecule has 5 heteroatoms. The van der Waals surface area contributed by atoms with E-state index >= 15 is 0 Å². The number of anilines is 2. The molecule has 21 heavy (non-hydrogen) atoms. The Morgan fingerprint density at radius 3 is 2.57 bits per heavy atom. The summed E-state index contributed by atoms with van der Waals surface area (Å²) in [5, 5.41) is 13.6. The highest BCUT2D eigenvalue weighted by atomic mass is 35.5. The van der Waals surface area contributed by atoms with Crippen LogP contribution in [0.3, 0.4) is 0 Å². The van der Waals surface area contributed by atoms with E-state index < -0.39 is 5.97 Å². The van der Waals surface area contributed by atoms with Gasteiger partial charge in [0.1, 0.15) is 5.82 Å². The molecule has 0 spiro atoms. The zero-order chi connectivity index (χ0) is 14.8. The minimum absolute atomic E-state index is 0.204. The van der Waals surface area contributed by atoms with Crippen LogP contribution in [0.15, 0.2) is 54.6 Å². The van der Waals surface area contributed by atoms with Crippen molar-refractivity contribution in [3.8, 4) is 0 Å². The van der Waals surface area contributed by atoms with Gasteiger partial charge in [0.25, 0.3) is 0 Å². The first-order valence-corrected chi connectivity index (χ1v) is 6.67. The van der Waals surface area contributed by atoms with Crippen molar-refractivity contribution < 1.29 is 9.90 Å². The van der Waals surface area contributed by atoms with E-state index in [1.54, 1.807) is 30.3 Å². The van der Waals surface area contributed by atoms with E-state index in [9.17, 15) is 9.90 Å². The number of carbonyl (C=O) groups is 1. The number of nitrogens with one attached hydrogen (secondary N) is 1. The molecule has 3 rings (SSSR count). The lowest BCUT2D eigenvalue weighted by atomic mass is 10.1. The highest BCUT2D eigenvalue weighted by Crippen LogP contribution is 2.27. The summed E-state index contributed by atoms with van der Waals surface area (Å²) in [6, 6.07) is 15.9. The number of carboxylic acid groups (broad SMARTS) is 1. The van der Waals surface area contributed by atoms with Gasteiger partial charge in [-0.15, -0.1) is 0 Å². The number of hydrogen-bond acceptors (Lipinski definition) is 3. The Kier molecular flexibility index (Phi) is 3.46. The van der Waals surface area contributed by atoms with E-state index in [2.05, 4.69) is 10.3 Å². The van der Waals surface area contributed by atoms with E-state index in [0.717, 1.165) is 0 Å². The number of rotatable bonds is 3. The van der Waals surface area contributed by atoms with Crippen LogP contribution in [0.4, 0.5) is 11.5 Å². The molecule has 0 aliphatic heterocycles. The van der Waals surface area contributed by atoms with Crippen LogP contribution < -0.4 is 5.32 Å². The summed E-state index contributed by atoms with van der Waals surface area (Å²) in [6.45, 7) is 0. The van der Waals surface area contributed by atoms with Gasteiger partial charge in [0.2, 0.25) is 0 Å². The predicted octanol–water partition coefficient (Wildman–Crippen LogP) is 4.33. The van der Waals surface area contributed by atoms with Crippen molar-refractivity contribution in [3.63, 3.8) is 0 Å². The average Bonchev–Trinajstić information content (AvgIpc) is 2.48. The molecule has 0 saturated heterocycles. The molecule has 0 radical (unpaired) electrons. The van der Waals surface area contributed by atoms with Gasteiger partial charge in [-0.25, -0.2) is 9.78 Å². The summed E-state index contributed by atoms with van der Waals surface area (Å²) >= 11 is 6.09. The maximum absolute atomic E-state index is 11.4. The molecule has 2 aromatic carbocycles. The number of aromatic nitrogens is 1. The molecule has 1 aromatic heterocycles. The smallest absolute Gasteiger partial charge is 0.336 e. The second kappa shape index (κ2) is 5.42. The number of hydrogen-bond donors (Lipinski definition) is 2. The Balaban J connectivity index is 2.11. The third-order valence-electron chi connectivity index (χ3n) is 3.08. The molecule has 0 amide bonds. The third-order valence-corrected chi connectivity index (χ3v) is 3.41. The molecule has 0 unspecified atom stereocenters. The highest BCUT2D eigenvalue weighted by Gasteiger charge is 2.12. The van der Waals surface area contributed by atoms with Gasteiger partial charge < -0.3 is 10.4 Å². The van der Waals surface area contributed by atoms with Gasteiger partial charge in [-0.3, -0.25) is 0 Å². The van der Waals surface area contributed by atoms with Crippen molar-refractivity contribution in [1.29, 1.82) is 0 Å². The molecule has 0 atom stereocenters. The lowest BCUT2D eigenvalue weighted by molar-refractivity contribution is 0.0699. The molecule has 2 N–H and O–H groups in total. The second-order valence-electron chi connectivity index (χ2n) is 4.48. The van der Waals surface area contributed by atoms with Crippen molar-refractivity contribution in [2.75, 3.05) is 5.32 Å². The van der Waals surface area contributed by atoms with Gasteiger partial charge in [-0.2, -0.15) is 0 Å². The lowest BCUT2D eigenvalue weighted by Gasteiger charge is -2.10. The molecule has 4 nitrogen and oxygen atoms in total. The molecule has 0 aliphatic rings. The van der Waals surface area contributed by atoms with Crippen LogP contribution >= 0.6 is 11.6 Å². The largest absolute Gasteiger partial charge is 0.478 e. The number of pyridine rings is 1. The zero-order valence-electron chi connectivity index (χ0n) is 10.9. The first-order chi connectivity index (χ1) is 10.1. The van der Waals surface area contributed by atoms with E-state index in [-0.39, 0.29) is 5.56 Å². The molecule has 0 saturated carbocycles.